The molecule has 4 aliphatic carbocycles. The van der Waals surface area contributed by atoms with Gasteiger partial charge in [0, 0.05) is 10.3 Å². The van der Waals surface area contributed by atoms with Gasteiger partial charge in [0.25, 0.3) is 5.91 Å². The molecule has 1 N–H and O–H groups in total. The number of carbonyl (C=O) groups is 1. The maximum atomic E-state index is 12.9. The highest BCUT2D eigenvalue weighted by molar-refractivity contribution is 7.11. The molecular weight excluding hydrogens is 390 g/mol. The number of nitrogens with one attached hydrogen (secondary N) is 1. The average molecular weight is 416 g/mol. The van der Waals surface area contributed by atoms with E-state index < -0.39 is 0 Å². The molecule has 3 aromatic rings. The van der Waals surface area contributed by atoms with Crippen molar-refractivity contribution >= 4 is 34.4 Å². The van der Waals surface area contributed by atoms with Crippen LogP contribution in [0.15, 0.2) is 52.9 Å². The van der Waals surface area contributed by atoms with Gasteiger partial charge in [0.2, 0.25) is 0 Å². The fourth-order valence-electron chi connectivity index (χ4n) is 6.75. The molecule has 4 fully saturated rings. The van der Waals surface area contributed by atoms with E-state index in [4.69, 9.17) is 4.98 Å². The van der Waals surface area contributed by atoms with Gasteiger partial charge < -0.3 is 0 Å². The van der Waals surface area contributed by atoms with Crippen molar-refractivity contribution in [3.8, 4) is 0 Å². The summed E-state index contributed by atoms with van der Waals surface area (Å²) in [6, 6.07) is 14.3. The largest absolute Gasteiger partial charge is 0.289 e. The lowest BCUT2D eigenvalue weighted by atomic mass is 9.48. The quantitative estimate of drug-likeness (QED) is 0.450. The second kappa shape index (κ2) is 7.02. The van der Waals surface area contributed by atoms with Crippen LogP contribution < -0.4 is 5.43 Å². The van der Waals surface area contributed by atoms with Gasteiger partial charge in [0.15, 0.2) is 0 Å². The third kappa shape index (κ3) is 3.07. The molecule has 1 amide bonds. The summed E-state index contributed by atoms with van der Waals surface area (Å²) in [4.78, 5) is 18.6. The number of hydrazone groups is 1. The summed E-state index contributed by atoms with van der Waals surface area (Å²) in [5, 5.41) is 7.35. The highest BCUT2D eigenvalue weighted by Gasteiger charge is 2.52. The molecule has 0 unspecified atom stereocenters. The highest BCUT2D eigenvalue weighted by Crippen LogP contribution is 2.61. The van der Waals surface area contributed by atoms with Crippen molar-refractivity contribution in [2.24, 2.45) is 22.9 Å². The molecular formula is C25H25N3OS. The zero-order chi connectivity index (χ0) is 20.1. The number of carbonyl (C=O) groups excluding carboxylic acids is 1. The fraction of sp³-hybridized carbons (Fsp3) is 0.400. The second-order valence-corrected chi connectivity index (χ2v) is 10.5. The third-order valence-corrected chi connectivity index (χ3v) is 8.27. The molecule has 7 rings (SSSR count). The van der Waals surface area contributed by atoms with Crippen molar-refractivity contribution in [3.63, 3.8) is 0 Å². The fourth-order valence-corrected chi connectivity index (χ4v) is 7.33. The number of hydrogen-bond acceptors (Lipinski definition) is 4. The van der Waals surface area contributed by atoms with Crippen LogP contribution in [0, 0.1) is 17.8 Å². The molecule has 2 heterocycles. The van der Waals surface area contributed by atoms with Gasteiger partial charge in [-0.2, -0.15) is 5.10 Å². The Hall–Kier alpha value is -2.53. The van der Waals surface area contributed by atoms with Gasteiger partial charge in [0.1, 0.15) is 5.69 Å². The Bertz CT molecular complexity index is 1100. The van der Waals surface area contributed by atoms with Crippen LogP contribution in [0.3, 0.4) is 0 Å². The maximum Gasteiger partial charge on any atom is 0.289 e. The Labute approximate surface area is 180 Å². The first-order chi connectivity index (χ1) is 14.7. The smallest absolute Gasteiger partial charge is 0.266 e. The summed E-state index contributed by atoms with van der Waals surface area (Å²) in [5.74, 6) is 2.34. The topological polar surface area (TPSA) is 54.4 Å². The van der Waals surface area contributed by atoms with Crippen LogP contribution in [0.1, 0.15) is 59.5 Å². The van der Waals surface area contributed by atoms with Gasteiger partial charge in [-0.25, -0.2) is 10.4 Å². The van der Waals surface area contributed by atoms with Gasteiger partial charge in [-0.1, -0.05) is 24.3 Å². The van der Waals surface area contributed by atoms with Crippen molar-refractivity contribution in [1.29, 1.82) is 0 Å². The van der Waals surface area contributed by atoms with Crippen LogP contribution in [0.5, 0.6) is 0 Å². The first kappa shape index (κ1) is 18.3. The minimum absolute atomic E-state index is 0.215. The number of amides is 1. The van der Waals surface area contributed by atoms with Crippen molar-refractivity contribution in [3.05, 3.63) is 64.0 Å². The lowest BCUT2D eigenvalue weighted by molar-refractivity contribution is -0.00453. The zero-order valence-electron chi connectivity index (χ0n) is 16.9. The number of benzene rings is 1. The standard InChI is InChI=1S/C25H25N3OS/c29-24(28-26-15-19-4-3-7-30-19)23-11-21(20-5-1-2-6-22(20)27-23)25-12-16-8-17(13-25)10-18(9-16)14-25/h1-7,11,15-18H,8-10,12-14H2,(H,28,29)/b26-15+. The molecule has 4 nitrogen and oxygen atoms in total. The van der Waals surface area contributed by atoms with Gasteiger partial charge in [0.05, 0.1) is 11.7 Å². The molecule has 2 aromatic heterocycles. The van der Waals surface area contributed by atoms with Crippen molar-refractivity contribution in [2.45, 2.75) is 43.9 Å². The first-order valence-corrected chi connectivity index (χ1v) is 11.8. The third-order valence-electron chi connectivity index (χ3n) is 7.46. The Morgan fingerprint density at radius 2 is 1.80 bits per heavy atom. The summed E-state index contributed by atoms with van der Waals surface area (Å²) in [6.45, 7) is 0. The van der Waals surface area contributed by atoms with Crippen molar-refractivity contribution in [2.75, 3.05) is 0 Å². The second-order valence-electron chi connectivity index (χ2n) is 9.48. The number of rotatable bonds is 4. The predicted octanol–water partition coefficient (Wildman–Crippen LogP) is 5.53. The van der Waals surface area contributed by atoms with E-state index in [0.29, 0.717) is 5.69 Å². The van der Waals surface area contributed by atoms with Crippen LogP contribution in [0.2, 0.25) is 0 Å². The molecule has 4 bridgehead atoms. The van der Waals surface area contributed by atoms with Crippen LogP contribution in [0.25, 0.3) is 10.9 Å². The van der Waals surface area contributed by atoms with Crippen LogP contribution in [-0.2, 0) is 5.41 Å². The van der Waals surface area contributed by atoms with E-state index >= 15 is 0 Å². The number of nitrogens with zero attached hydrogens (tertiary/aromatic N) is 2. The lowest BCUT2D eigenvalue weighted by Crippen LogP contribution is -2.48. The Kier molecular flexibility index (Phi) is 4.27. The van der Waals surface area contributed by atoms with Gasteiger partial charge >= 0.3 is 0 Å². The van der Waals surface area contributed by atoms with Crippen LogP contribution in [-0.4, -0.2) is 17.1 Å². The van der Waals surface area contributed by atoms with Gasteiger partial charge in [-0.3, -0.25) is 4.79 Å². The van der Waals surface area contributed by atoms with Crippen molar-refractivity contribution in [1.82, 2.24) is 10.4 Å². The number of hydrogen-bond donors (Lipinski definition) is 1. The van der Waals surface area contributed by atoms with Crippen molar-refractivity contribution < 1.29 is 4.79 Å². The van der Waals surface area contributed by atoms with Crippen LogP contribution in [0.4, 0.5) is 0 Å². The van der Waals surface area contributed by atoms with E-state index in [-0.39, 0.29) is 11.3 Å². The Morgan fingerprint density at radius 1 is 1.07 bits per heavy atom. The monoisotopic (exact) mass is 415 g/mol. The Morgan fingerprint density at radius 3 is 2.50 bits per heavy atom. The molecule has 4 saturated carbocycles. The highest BCUT2D eigenvalue weighted by atomic mass is 32.1. The molecule has 0 spiro atoms. The molecule has 4 aliphatic rings. The molecule has 152 valence electrons. The Balaban J connectivity index is 1.38. The van der Waals surface area contributed by atoms with E-state index in [1.54, 1.807) is 17.6 Å². The van der Waals surface area contributed by atoms with E-state index in [1.165, 1.54) is 49.5 Å². The van der Waals surface area contributed by atoms with Gasteiger partial charge in [-0.15, -0.1) is 11.3 Å². The van der Waals surface area contributed by atoms with E-state index in [9.17, 15) is 4.79 Å². The summed E-state index contributed by atoms with van der Waals surface area (Å²) in [7, 11) is 0. The molecule has 0 aliphatic heterocycles. The summed E-state index contributed by atoms with van der Waals surface area (Å²) < 4.78 is 0. The molecule has 5 heteroatoms. The molecule has 1 aromatic carbocycles. The maximum absolute atomic E-state index is 12.9. The van der Waals surface area contributed by atoms with Crippen LogP contribution >= 0.6 is 11.3 Å². The summed E-state index contributed by atoms with van der Waals surface area (Å²) in [5.41, 5.74) is 5.63. The first-order valence-electron chi connectivity index (χ1n) is 11.0. The molecule has 0 saturated heterocycles. The summed E-state index contributed by atoms with van der Waals surface area (Å²) in [6.07, 6.45) is 9.72. The SMILES string of the molecule is O=C(N/N=C/c1cccs1)c1cc(C23CC4CC(CC(C4)C2)C3)c2ccccc2n1. The average Bonchev–Trinajstić information content (AvgIpc) is 3.25. The predicted molar refractivity (Wildman–Crippen MR) is 121 cm³/mol. The molecule has 30 heavy (non-hydrogen) atoms. The van der Waals surface area contributed by atoms with E-state index in [1.807, 2.05) is 29.6 Å². The van der Waals surface area contributed by atoms with E-state index in [2.05, 4.69) is 28.7 Å². The number of pyridine rings is 1. The number of aromatic nitrogens is 1. The minimum atomic E-state index is -0.237. The van der Waals surface area contributed by atoms with Gasteiger partial charge in [-0.05, 0) is 90.8 Å². The minimum Gasteiger partial charge on any atom is -0.266 e. The number of para-hydroxylation sites is 1. The summed E-state index contributed by atoms with van der Waals surface area (Å²) >= 11 is 1.59. The molecule has 0 atom stereocenters. The number of thiophene rings is 1. The van der Waals surface area contributed by atoms with E-state index in [0.717, 1.165) is 28.1 Å². The normalized spacial score (nSPS) is 29.7. The lowest BCUT2D eigenvalue weighted by Gasteiger charge is -2.57. The number of fused-ring (bicyclic) bond motifs is 1. The molecule has 0 radical (unpaired) electrons. The zero-order valence-corrected chi connectivity index (χ0v) is 17.7.